The highest BCUT2D eigenvalue weighted by atomic mass is 35.5. The Morgan fingerprint density at radius 1 is 1.07 bits per heavy atom. The second-order valence-electron chi connectivity index (χ2n) is 2.19. The third-order valence-corrected chi connectivity index (χ3v) is 1.87. The fraction of sp³-hybridized carbons (Fsp3) is 0.167. The van der Waals surface area contributed by atoms with Gasteiger partial charge in [0.2, 0.25) is 5.95 Å². The molecule has 0 atom stereocenters. The van der Waals surface area contributed by atoms with Crippen molar-refractivity contribution in [1.29, 1.82) is 0 Å². The van der Waals surface area contributed by atoms with Gasteiger partial charge in [0, 0.05) is 0 Å². The highest BCUT2D eigenvalue weighted by molar-refractivity contribution is 6.32. The smallest absolute Gasteiger partial charge is 0.206 e. The molecule has 0 fully saturated rings. The Hall–Kier alpha value is -0.620. The van der Waals surface area contributed by atoms with Crippen LogP contribution in [0.5, 0.6) is 0 Å². The van der Waals surface area contributed by atoms with Crippen LogP contribution in [0.4, 0.5) is 22.0 Å². The van der Waals surface area contributed by atoms with E-state index in [1.807, 2.05) is 0 Å². The Morgan fingerprint density at radius 3 is 2.00 bits per heavy atom. The van der Waals surface area contributed by atoms with E-state index < -0.39 is 33.7 Å². The van der Waals surface area contributed by atoms with E-state index in [9.17, 15) is 22.0 Å². The summed E-state index contributed by atoms with van der Waals surface area (Å²) in [6.45, 7) is 0. The van der Waals surface area contributed by atoms with E-state index in [0.717, 1.165) is 0 Å². The lowest BCUT2D eigenvalue weighted by molar-refractivity contribution is -0.140. The molecule has 0 radical (unpaired) electrons. The summed E-state index contributed by atoms with van der Waals surface area (Å²) in [6, 6.07) is 0. The van der Waals surface area contributed by atoms with E-state index in [-0.39, 0.29) is 0 Å². The molecule has 1 heterocycles. The Bertz CT molecular complexity index is 375. The van der Waals surface area contributed by atoms with Gasteiger partial charge in [0.25, 0.3) is 0 Å². The first kappa shape index (κ1) is 11.5. The molecule has 1 rings (SSSR count). The van der Waals surface area contributed by atoms with Crippen molar-refractivity contribution in [1.82, 2.24) is 4.98 Å². The molecule has 0 aromatic carbocycles. The normalized spacial score (nSPS) is 11.9. The highest BCUT2D eigenvalue weighted by Crippen LogP contribution is 2.38. The van der Waals surface area contributed by atoms with Gasteiger partial charge in [-0.1, -0.05) is 23.2 Å². The SMILES string of the molecule is Fc1nc(Cl)c(C(F)(F)F)c(F)c1Cl. The standard InChI is InChI=1S/C6Cl2F5N/c7-2-3(9)1(6(11,12)13)4(8)14-5(2)10. The second kappa shape index (κ2) is 3.51. The predicted octanol–water partition coefficient (Wildman–Crippen LogP) is 3.69. The molecule has 0 amide bonds. The lowest BCUT2D eigenvalue weighted by Gasteiger charge is -2.10. The fourth-order valence-corrected chi connectivity index (χ4v) is 1.12. The molecule has 8 heteroatoms. The predicted molar refractivity (Wildman–Crippen MR) is 39.2 cm³/mol. The number of pyridine rings is 1. The first-order chi connectivity index (χ1) is 6.25. The molecule has 14 heavy (non-hydrogen) atoms. The van der Waals surface area contributed by atoms with E-state index in [0.29, 0.717) is 0 Å². The molecular formula is C6Cl2F5N. The molecule has 0 aliphatic heterocycles. The summed E-state index contributed by atoms with van der Waals surface area (Å²) in [5, 5.41) is -2.64. The summed E-state index contributed by atoms with van der Waals surface area (Å²) in [5.74, 6) is -3.54. The zero-order valence-corrected chi connectivity index (χ0v) is 7.60. The van der Waals surface area contributed by atoms with Gasteiger partial charge in [0.1, 0.15) is 15.7 Å². The molecule has 0 N–H and O–H groups in total. The van der Waals surface area contributed by atoms with Crippen molar-refractivity contribution in [3.8, 4) is 0 Å². The lowest BCUT2D eigenvalue weighted by atomic mass is 10.2. The summed E-state index contributed by atoms with van der Waals surface area (Å²) >= 11 is 9.81. The number of nitrogens with zero attached hydrogens (tertiary/aromatic N) is 1. The van der Waals surface area contributed by atoms with Crippen molar-refractivity contribution in [3.63, 3.8) is 0 Å². The third kappa shape index (κ3) is 1.90. The van der Waals surface area contributed by atoms with Crippen LogP contribution in [0.3, 0.4) is 0 Å². The zero-order chi connectivity index (χ0) is 11.1. The van der Waals surface area contributed by atoms with Crippen molar-refractivity contribution in [2.45, 2.75) is 6.18 Å². The largest absolute Gasteiger partial charge is 0.422 e. The first-order valence-electron chi connectivity index (χ1n) is 3.02. The van der Waals surface area contributed by atoms with Gasteiger partial charge in [-0.05, 0) is 0 Å². The van der Waals surface area contributed by atoms with E-state index in [1.165, 1.54) is 0 Å². The average molecular weight is 252 g/mol. The van der Waals surface area contributed by atoms with Gasteiger partial charge in [-0.15, -0.1) is 0 Å². The summed E-state index contributed by atoms with van der Waals surface area (Å²) in [4.78, 5) is 2.61. The van der Waals surface area contributed by atoms with Crippen molar-refractivity contribution in [2.24, 2.45) is 0 Å². The fourth-order valence-electron chi connectivity index (χ4n) is 0.723. The van der Waals surface area contributed by atoms with E-state index in [4.69, 9.17) is 23.2 Å². The maximum atomic E-state index is 12.8. The molecule has 0 saturated heterocycles. The Morgan fingerprint density at radius 2 is 1.57 bits per heavy atom. The van der Waals surface area contributed by atoms with Crippen LogP contribution in [0.2, 0.25) is 10.2 Å². The summed E-state index contributed by atoms with van der Waals surface area (Å²) in [5.41, 5.74) is -1.87. The second-order valence-corrected chi connectivity index (χ2v) is 2.93. The first-order valence-corrected chi connectivity index (χ1v) is 3.78. The van der Waals surface area contributed by atoms with Crippen molar-refractivity contribution in [3.05, 3.63) is 27.5 Å². The minimum Gasteiger partial charge on any atom is -0.206 e. The van der Waals surface area contributed by atoms with Crippen LogP contribution >= 0.6 is 23.2 Å². The number of rotatable bonds is 0. The van der Waals surface area contributed by atoms with Crippen LogP contribution < -0.4 is 0 Å². The average Bonchev–Trinajstić information content (AvgIpc) is 1.97. The number of hydrogen-bond acceptors (Lipinski definition) is 1. The van der Waals surface area contributed by atoms with Crippen LogP contribution in [-0.4, -0.2) is 4.98 Å². The highest BCUT2D eigenvalue weighted by Gasteiger charge is 2.39. The Kier molecular flexibility index (Phi) is 2.87. The number of hydrogen-bond donors (Lipinski definition) is 0. The van der Waals surface area contributed by atoms with Crippen molar-refractivity contribution < 1.29 is 22.0 Å². The Balaban J connectivity index is 3.53. The van der Waals surface area contributed by atoms with Crippen LogP contribution in [0, 0.1) is 11.8 Å². The van der Waals surface area contributed by atoms with Crippen LogP contribution in [0.25, 0.3) is 0 Å². The molecule has 0 aliphatic carbocycles. The van der Waals surface area contributed by atoms with E-state index in [1.54, 1.807) is 0 Å². The van der Waals surface area contributed by atoms with Crippen LogP contribution in [0.15, 0.2) is 0 Å². The Labute approximate surface area is 84.5 Å². The van der Waals surface area contributed by atoms with E-state index in [2.05, 4.69) is 4.98 Å². The van der Waals surface area contributed by atoms with Gasteiger partial charge < -0.3 is 0 Å². The van der Waals surface area contributed by atoms with Crippen molar-refractivity contribution >= 4 is 23.2 Å². The van der Waals surface area contributed by atoms with Gasteiger partial charge >= 0.3 is 6.18 Å². The molecule has 1 nitrogen and oxygen atoms in total. The number of alkyl halides is 3. The summed E-state index contributed by atoms with van der Waals surface area (Å²) in [6.07, 6.45) is -5.06. The zero-order valence-electron chi connectivity index (χ0n) is 6.09. The quantitative estimate of drug-likeness (QED) is 0.506. The monoisotopic (exact) mass is 251 g/mol. The maximum Gasteiger partial charge on any atom is 0.422 e. The number of aromatic nitrogens is 1. The van der Waals surface area contributed by atoms with Crippen molar-refractivity contribution in [2.75, 3.05) is 0 Å². The van der Waals surface area contributed by atoms with Gasteiger partial charge in [-0.3, -0.25) is 0 Å². The molecule has 1 aromatic rings. The molecule has 0 saturated carbocycles. The van der Waals surface area contributed by atoms with E-state index >= 15 is 0 Å². The molecule has 0 aliphatic rings. The summed E-state index contributed by atoms with van der Waals surface area (Å²) in [7, 11) is 0. The van der Waals surface area contributed by atoms with Gasteiger partial charge in [0.05, 0.1) is 0 Å². The molecular weight excluding hydrogens is 252 g/mol. The minimum absolute atomic E-state index is 1.31. The van der Waals surface area contributed by atoms with Gasteiger partial charge in [-0.2, -0.15) is 17.6 Å². The van der Waals surface area contributed by atoms with Gasteiger partial charge in [0.15, 0.2) is 5.82 Å². The lowest BCUT2D eigenvalue weighted by Crippen LogP contribution is -2.11. The third-order valence-electron chi connectivity index (χ3n) is 1.28. The minimum atomic E-state index is -5.06. The van der Waals surface area contributed by atoms with Crippen LogP contribution in [0.1, 0.15) is 5.56 Å². The topological polar surface area (TPSA) is 12.9 Å². The number of halogens is 7. The van der Waals surface area contributed by atoms with Gasteiger partial charge in [-0.25, -0.2) is 9.37 Å². The molecule has 1 aromatic heterocycles. The summed E-state index contributed by atoms with van der Waals surface area (Å²) < 4.78 is 61.5. The molecule has 0 bridgehead atoms. The maximum absolute atomic E-state index is 12.8. The molecule has 0 unspecified atom stereocenters. The molecule has 0 spiro atoms. The molecule has 78 valence electrons. The van der Waals surface area contributed by atoms with Crippen LogP contribution in [-0.2, 0) is 6.18 Å².